The average molecular weight is 160 g/mol. The van der Waals surface area contributed by atoms with Crippen molar-refractivity contribution in [3.8, 4) is 0 Å². The van der Waals surface area contributed by atoms with Crippen LogP contribution in [0.2, 0.25) is 0 Å². The molecule has 0 amide bonds. The second-order valence-corrected chi connectivity index (χ2v) is 3.55. The number of halogens is 1. The van der Waals surface area contributed by atoms with Crippen LogP contribution in [0.1, 0.15) is 38.5 Å². The van der Waals surface area contributed by atoms with Crippen LogP contribution in [0.4, 0.5) is 4.39 Å². The van der Waals surface area contributed by atoms with Gasteiger partial charge in [-0.2, -0.15) is 0 Å². The van der Waals surface area contributed by atoms with Gasteiger partial charge in [-0.15, -0.1) is 0 Å². The molecule has 2 heteroatoms. The van der Waals surface area contributed by atoms with Crippen LogP contribution < -0.4 is 0 Å². The van der Waals surface area contributed by atoms with E-state index in [4.69, 9.17) is 5.11 Å². The predicted octanol–water partition coefficient (Wildman–Crippen LogP) is 2.29. The molecule has 1 saturated carbocycles. The van der Waals surface area contributed by atoms with Crippen molar-refractivity contribution in [2.75, 3.05) is 6.67 Å². The minimum absolute atomic E-state index is 0.573. The highest BCUT2D eigenvalue weighted by atomic mass is 19.1. The monoisotopic (exact) mass is 160 g/mol. The summed E-state index contributed by atoms with van der Waals surface area (Å²) in [5, 5.41) is 9.04. The highest BCUT2D eigenvalue weighted by molar-refractivity contribution is 4.69. The maximum absolute atomic E-state index is 11.9. The molecule has 1 N–H and O–H groups in total. The van der Waals surface area contributed by atoms with Gasteiger partial charge in [0.05, 0.1) is 6.10 Å². The van der Waals surface area contributed by atoms with Gasteiger partial charge in [-0.25, -0.2) is 4.39 Å². The third-order valence-corrected chi connectivity index (χ3v) is 2.51. The van der Waals surface area contributed by atoms with Crippen LogP contribution in [-0.4, -0.2) is 17.9 Å². The van der Waals surface area contributed by atoms with E-state index in [-0.39, 0.29) is 0 Å². The number of hydrogen-bond acceptors (Lipinski definition) is 1. The van der Waals surface area contributed by atoms with Crippen LogP contribution in [0.5, 0.6) is 0 Å². The van der Waals surface area contributed by atoms with Crippen LogP contribution in [0, 0.1) is 5.92 Å². The highest BCUT2D eigenvalue weighted by Gasteiger charge is 2.16. The fourth-order valence-corrected chi connectivity index (χ4v) is 1.87. The summed E-state index contributed by atoms with van der Waals surface area (Å²) in [5.74, 6) is 0.592. The molecule has 0 aromatic rings. The number of alkyl halides is 1. The van der Waals surface area contributed by atoms with Gasteiger partial charge in [0.1, 0.15) is 6.67 Å². The van der Waals surface area contributed by atoms with E-state index < -0.39 is 12.8 Å². The molecule has 1 fully saturated rings. The van der Waals surface area contributed by atoms with Gasteiger partial charge >= 0.3 is 0 Å². The lowest BCUT2D eigenvalue weighted by Crippen LogP contribution is -2.17. The van der Waals surface area contributed by atoms with Crippen molar-refractivity contribution in [1.29, 1.82) is 0 Å². The van der Waals surface area contributed by atoms with Crippen molar-refractivity contribution < 1.29 is 9.50 Å². The van der Waals surface area contributed by atoms with E-state index in [0.717, 1.165) is 0 Å². The lowest BCUT2D eigenvalue weighted by Gasteiger charge is -2.22. The maximum atomic E-state index is 11.9. The molecule has 0 aliphatic heterocycles. The van der Waals surface area contributed by atoms with Gasteiger partial charge in [-0.1, -0.05) is 32.1 Å². The average Bonchev–Trinajstić information content (AvgIpc) is 2.06. The van der Waals surface area contributed by atoms with E-state index in [1.54, 1.807) is 0 Å². The molecule has 0 bridgehead atoms. The Morgan fingerprint density at radius 1 is 1.27 bits per heavy atom. The summed E-state index contributed by atoms with van der Waals surface area (Å²) >= 11 is 0. The third-order valence-electron chi connectivity index (χ3n) is 2.51. The fourth-order valence-electron chi connectivity index (χ4n) is 1.87. The van der Waals surface area contributed by atoms with Gasteiger partial charge in [0.25, 0.3) is 0 Å². The van der Waals surface area contributed by atoms with E-state index in [2.05, 4.69) is 0 Å². The molecule has 0 spiro atoms. The van der Waals surface area contributed by atoms with Gasteiger partial charge in [-0.3, -0.25) is 0 Å². The number of rotatable bonds is 3. The Kier molecular flexibility index (Phi) is 3.84. The number of aliphatic hydroxyl groups is 1. The minimum Gasteiger partial charge on any atom is -0.390 e. The molecule has 0 radical (unpaired) electrons. The summed E-state index contributed by atoms with van der Waals surface area (Å²) in [4.78, 5) is 0. The first-order chi connectivity index (χ1) is 5.33. The number of aliphatic hydroxyl groups excluding tert-OH is 1. The Balaban J connectivity index is 2.13. The van der Waals surface area contributed by atoms with Gasteiger partial charge in [0.2, 0.25) is 0 Å². The zero-order chi connectivity index (χ0) is 8.10. The van der Waals surface area contributed by atoms with Crippen LogP contribution in [0.15, 0.2) is 0 Å². The molecule has 0 heterocycles. The van der Waals surface area contributed by atoms with Gasteiger partial charge < -0.3 is 5.11 Å². The molecule has 1 aliphatic carbocycles. The van der Waals surface area contributed by atoms with Crippen molar-refractivity contribution in [2.24, 2.45) is 5.92 Å². The van der Waals surface area contributed by atoms with Gasteiger partial charge in [0, 0.05) is 0 Å². The SMILES string of the molecule is OC(CF)CC1CCCCC1. The lowest BCUT2D eigenvalue weighted by atomic mass is 9.85. The first kappa shape index (κ1) is 8.98. The largest absolute Gasteiger partial charge is 0.390 e. The van der Waals surface area contributed by atoms with Crippen LogP contribution in [0.3, 0.4) is 0 Å². The van der Waals surface area contributed by atoms with E-state index in [9.17, 15) is 4.39 Å². The standard InChI is InChI=1S/C9H17FO/c10-7-9(11)6-8-4-2-1-3-5-8/h8-9,11H,1-7H2. The van der Waals surface area contributed by atoms with Crippen molar-refractivity contribution >= 4 is 0 Å². The Hall–Kier alpha value is -0.110. The molecule has 1 rings (SSSR count). The molecule has 0 saturated heterocycles. The van der Waals surface area contributed by atoms with Crippen LogP contribution >= 0.6 is 0 Å². The van der Waals surface area contributed by atoms with E-state index in [1.807, 2.05) is 0 Å². The molecule has 1 nitrogen and oxygen atoms in total. The zero-order valence-corrected chi connectivity index (χ0v) is 6.93. The molecular formula is C9H17FO. The van der Waals surface area contributed by atoms with Crippen molar-refractivity contribution in [2.45, 2.75) is 44.6 Å². The molecule has 1 unspecified atom stereocenters. The highest BCUT2D eigenvalue weighted by Crippen LogP contribution is 2.27. The summed E-state index contributed by atoms with van der Waals surface area (Å²) in [6, 6.07) is 0. The van der Waals surface area contributed by atoms with Crippen molar-refractivity contribution in [1.82, 2.24) is 0 Å². The van der Waals surface area contributed by atoms with Crippen LogP contribution in [0.25, 0.3) is 0 Å². The fraction of sp³-hybridized carbons (Fsp3) is 1.00. The minimum atomic E-state index is -0.696. The summed E-state index contributed by atoms with van der Waals surface area (Å²) in [5.41, 5.74) is 0. The lowest BCUT2D eigenvalue weighted by molar-refractivity contribution is 0.103. The Bertz CT molecular complexity index is 99.7. The first-order valence-corrected chi connectivity index (χ1v) is 4.57. The normalized spacial score (nSPS) is 23.5. The van der Waals surface area contributed by atoms with E-state index in [0.29, 0.717) is 12.3 Å². The van der Waals surface area contributed by atoms with Gasteiger partial charge in [-0.05, 0) is 12.3 Å². The quantitative estimate of drug-likeness (QED) is 0.671. The zero-order valence-electron chi connectivity index (χ0n) is 6.93. The van der Waals surface area contributed by atoms with E-state index in [1.165, 1.54) is 32.1 Å². The van der Waals surface area contributed by atoms with Crippen molar-refractivity contribution in [3.63, 3.8) is 0 Å². The summed E-state index contributed by atoms with van der Waals surface area (Å²) in [7, 11) is 0. The maximum Gasteiger partial charge on any atom is 0.115 e. The second kappa shape index (κ2) is 4.70. The molecule has 66 valence electrons. The summed E-state index contributed by atoms with van der Waals surface area (Å²) in [6.45, 7) is -0.573. The Morgan fingerprint density at radius 3 is 2.45 bits per heavy atom. The molecule has 0 aromatic heterocycles. The molecular weight excluding hydrogens is 143 g/mol. The number of hydrogen-bond donors (Lipinski definition) is 1. The molecule has 1 aliphatic rings. The third kappa shape index (κ3) is 3.19. The Morgan fingerprint density at radius 2 is 1.91 bits per heavy atom. The van der Waals surface area contributed by atoms with Crippen molar-refractivity contribution in [3.05, 3.63) is 0 Å². The van der Waals surface area contributed by atoms with Gasteiger partial charge in [0.15, 0.2) is 0 Å². The molecule has 0 aromatic carbocycles. The topological polar surface area (TPSA) is 20.2 Å². The second-order valence-electron chi connectivity index (χ2n) is 3.55. The predicted molar refractivity (Wildman–Crippen MR) is 43.2 cm³/mol. The summed E-state index contributed by atoms with van der Waals surface area (Å²) in [6.07, 6.45) is 6.22. The molecule has 11 heavy (non-hydrogen) atoms. The Labute approximate surface area is 67.6 Å². The summed E-state index contributed by atoms with van der Waals surface area (Å²) < 4.78 is 11.9. The first-order valence-electron chi connectivity index (χ1n) is 4.57. The molecule has 1 atom stereocenters. The van der Waals surface area contributed by atoms with Crippen LogP contribution in [-0.2, 0) is 0 Å². The van der Waals surface area contributed by atoms with E-state index >= 15 is 0 Å². The smallest absolute Gasteiger partial charge is 0.115 e.